The fourth-order valence-electron chi connectivity index (χ4n) is 4.01. The molecule has 0 bridgehead atoms. The average molecular weight is 440 g/mol. The highest BCUT2D eigenvalue weighted by Gasteiger charge is 2.27. The number of carbonyl (C=O) groups is 2. The first-order chi connectivity index (χ1) is 15.3. The molecular weight excluding hydrogens is 406 g/mol. The fraction of sp³-hybridized carbons (Fsp3) is 0.500. The summed E-state index contributed by atoms with van der Waals surface area (Å²) in [4.78, 5) is 37.5. The number of rotatable bonds is 7. The highest BCUT2D eigenvalue weighted by atomic mass is 16.5. The zero-order chi connectivity index (χ0) is 23.3. The van der Waals surface area contributed by atoms with Gasteiger partial charge in [-0.25, -0.2) is 9.97 Å². The molecule has 32 heavy (non-hydrogen) atoms. The van der Waals surface area contributed by atoms with Crippen molar-refractivity contribution in [1.82, 2.24) is 19.8 Å². The van der Waals surface area contributed by atoms with Gasteiger partial charge in [0.25, 0.3) is 0 Å². The van der Waals surface area contributed by atoms with Crippen LogP contribution in [0.15, 0.2) is 24.3 Å². The minimum absolute atomic E-state index is 0.0361. The number of aromatic nitrogens is 2. The average Bonchev–Trinajstić information content (AvgIpc) is 2.79. The molecule has 1 saturated heterocycles. The molecule has 0 radical (unpaired) electrons. The van der Waals surface area contributed by atoms with Crippen LogP contribution >= 0.6 is 0 Å². The van der Waals surface area contributed by atoms with Crippen LogP contribution in [0.2, 0.25) is 0 Å². The van der Waals surface area contributed by atoms with Crippen molar-refractivity contribution in [2.75, 3.05) is 39.6 Å². The Hall–Kier alpha value is -3.16. The molecule has 0 spiro atoms. The normalized spacial score (nSPS) is 15.9. The van der Waals surface area contributed by atoms with Crippen molar-refractivity contribution in [2.24, 2.45) is 0 Å². The highest BCUT2D eigenvalue weighted by Crippen LogP contribution is 2.28. The second kappa shape index (κ2) is 10.4. The van der Waals surface area contributed by atoms with Crippen molar-refractivity contribution in [3.05, 3.63) is 46.9 Å². The summed E-state index contributed by atoms with van der Waals surface area (Å²) in [6.07, 6.45) is 2.19. The molecule has 1 N–H and O–H groups in total. The van der Waals surface area contributed by atoms with Crippen molar-refractivity contribution in [3.8, 4) is 5.75 Å². The minimum Gasteiger partial charge on any atom is -0.496 e. The molecule has 1 aromatic heterocycles. The van der Waals surface area contributed by atoms with Gasteiger partial charge in [0, 0.05) is 51.7 Å². The first kappa shape index (κ1) is 23.5. The Kier molecular flexibility index (Phi) is 7.66. The second-order valence-electron chi connectivity index (χ2n) is 8.39. The standard InChI is InChI=1S/C24H33N5O3/c1-16-8-9-21(32-5)19(11-16)12-24(31)29-10-6-7-18(14-29)20-13-22(25-3)27-23(26-20)15-28(4)17(2)30/h8-9,11,13,18H,6-7,10,12,14-15H2,1-5H3,(H,25,26,27)/t18-/m0/s1. The van der Waals surface area contributed by atoms with Gasteiger partial charge in [-0.05, 0) is 25.8 Å². The number of likely N-dealkylation sites (tertiary alicyclic amines) is 1. The third kappa shape index (κ3) is 5.75. The van der Waals surface area contributed by atoms with Crippen molar-refractivity contribution < 1.29 is 14.3 Å². The number of anilines is 1. The Bertz CT molecular complexity index is 978. The molecule has 2 heterocycles. The maximum atomic E-state index is 13.1. The van der Waals surface area contributed by atoms with Crippen molar-refractivity contribution in [3.63, 3.8) is 0 Å². The maximum Gasteiger partial charge on any atom is 0.227 e. The summed E-state index contributed by atoms with van der Waals surface area (Å²) in [6, 6.07) is 7.86. The zero-order valence-electron chi connectivity index (χ0n) is 19.6. The predicted molar refractivity (Wildman–Crippen MR) is 124 cm³/mol. The van der Waals surface area contributed by atoms with Gasteiger partial charge in [0.1, 0.15) is 17.4 Å². The Balaban J connectivity index is 1.76. The van der Waals surface area contributed by atoms with Gasteiger partial charge >= 0.3 is 0 Å². The van der Waals surface area contributed by atoms with Gasteiger partial charge in [-0.3, -0.25) is 9.59 Å². The number of carbonyl (C=O) groups excluding carboxylic acids is 2. The molecule has 3 rings (SSSR count). The number of amides is 2. The fourth-order valence-corrected chi connectivity index (χ4v) is 4.01. The number of ether oxygens (including phenoxy) is 1. The van der Waals surface area contributed by atoms with E-state index in [-0.39, 0.29) is 17.7 Å². The molecule has 1 fully saturated rings. The lowest BCUT2D eigenvalue weighted by atomic mass is 9.93. The number of nitrogens with zero attached hydrogens (tertiary/aromatic N) is 4. The number of methoxy groups -OCH3 is 1. The number of aryl methyl sites for hydroxylation is 1. The maximum absolute atomic E-state index is 13.1. The van der Waals surface area contributed by atoms with Crippen molar-refractivity contribution in [1.29, 1.82) is 0 Å². The van der Waals surface area contributed by atoms with E-state index in [1.165, 1.54) is 6.92 Å². The van der Waals surface area contributed by atoms with Crippen molar-refractivity contribution >= 4 is 17.6 Å². The van der Waals surface area contributed by atoms with Crippen LogP contribution in [-0.2, 0) is 22.6 Å². The number of hydrogen-bond donors (Lipinski definition) is 1. The van der Waals surface area contributed by atoms with Crippen LogP contribution in [-0.4, -0.2) is 65.9 Å². The van der Waals surface area contributed by atoms with Crippen LogP contribution < -0.4 is 10.1 Å². The molecule has 2 aromatic rings. The summed E-state index contributed by atoms with van der Waals surface area (Å²) in [6.45, 7) is 5.25. The van der Waals surface area contributed by atoms with Crippen LogP contribution in [0.1, 0.15) is 48.3 Å². The van der Waals surface area contributed by atoms with E-state index in [1.807, 2.05) is 43.1 Å². The van der Waals surface area contributed by atoms with Gasteiger partial charge < -0.3 is 19.9 Å². The van der Waals surface area contributed by atoms with Gasteiger partial charge in [-0.15, -0.1) is 0 Å². The molecule has 8 heteroatoms. The van der Waals surface area contributed by atoms with E-state index in [9.17, 15) is 9.59 Å². The Labute approximate surface area is 190 Å². The molecule has 172 valence electrons. The van der Waals surface area contributed by atoms with Crippen LogP contribution in [0.25, 0.3) is 0 Å². The minimum atomic E-state index is -0.0361. The van der Waals surface area contributed by atoms with Gasteiger partial charge in [0.2, 0.25) is 11.8 Å². The summed E-state index contributed by atoms with van der Waals surface area (Å²) < 4.78 is 5.44. The molecule has 1 atom stereocenters. The molecule has 2 amide bonds. The second-order valence-corrected chi connectivity index (χ2v) is 8.39. The molecule has 1 aliphatic rings. The Morgan fingerprint density at radius 3 is 2.75 bits per heavy atom. The van der Waals surface area contributed by atoms with Gasteiger partial charge in [0.05, 0.1) is 25.8 Å². The Morgan fingerprint density at radius 2 is 2.06 bits per heavy atom. The third-order valence-corrected chi connectivity index (χ3v) is 5.93. The summed E-state index contributed by atoms with van der Waals surface area (Å²) in [5, 5.41) is 3.08. The van der Waals surface area contributed by atoms with Crippen LogP contribution in [0.4, 0.5) is 5.82 Å². The smallest absolute Gasteiger partial charge is 0.227 e. The van der Waals surface area contributed by atoms with Crippen LogP contribution in [0, 0.1) is 6.92 Å². The number of piperidine rings is 1. The van der Waals surface area contributed by atoms with E-state index in [2.05, 4.69) is 10.3 Å². The third-order valence-electron chi connectivity index (χ3n) is 5.93. The monoisotopic (exact) mass is 439 g/mol. The molecule has 1 aromatic carbocycles. The molecule has 0 aliphatic carbocycles. The molecular formula is C24H33N5O3. The van der Waals surface area contributed by atoms with E-state index in [0.717, 1.165) is 47.8 Å². The Morgan fingerprint density at radius 1 is 1.28 bits per heavy atom. The topological polar surface area (TPSA) is 87.7 Å². The van der Waals surface area contributed by atoms with Gasteiger partial charge in [0.15, 0.2) is 0 Å². The molecule has 8 nitrogen and oxygen atoms in total. The summed E-state index contributed by atoms with van der Waals surface area (Å²) in [5.41, 5.74) is 2.92. The lowest BCUT2D eigenvalue weighted by molar-refractivity contribution is -0.131. The largest absolute Gasteiger partial charge is 0.496 e. The number of nitrogens with one attached hydrogen (secondary N) is 1. The summed E-state index contributed by atoms with van der Waals surface area (Å²) in [5.74, 6) is 2.24. The summed E-state index contributed by atoms with van der Waals surface area (Å²) >= 11 is 0. The predicted octanol–water partition coefficient (Wildman–Crippen LogP) is 2.76. The molecule has 0 unspecified atom stereocenters. The lowest BCUT2D eigenvalue weighted by Gasteiger charge is -2.33. The van der Waals surface area contributed by atoms with E-state index in [1.54, 1.807) is 19.1 Å². The first-order valence-corrected chi connectivity index (χ1v) is 11.0. The molecule has 1 aliphatic heterocycles. The van der Waals surface area contributed by atoms with Gasteiger partial charge in [-0.1, -0.05) is 17.7 Å². The molecule has 0 saturated carbocycles. The van der Waals surface area contributed by atoms with E-state index >= 15 is 0 Å². The van der Waals surface area contributed by atoms with Gasteiger partial charge in [-0.2, -0.15) is 0 Å². The van der Waals surface area contributed by atoms with E-state index < -0.39 is 0 Å². The van der Waals surface area contributed by atoms with E-state index in [4.69, 9.17) is 9.72 Å². The quantitative estimate of drug-likeness (QED) is 0.714. The SMILES string of the molecule is CNc1cc([C@H]2CCCN(C(=O)Cc3cc(C)ccc3OC)C2)nc(CN(C)C(C)=O)n1. The van der Waals surface area contributed by atoms with Crippen molar-refractivity contribution in [2.45, 2.75) is 45.6 Å². The van der Waals surface area contributed by atoms with Crippen LogP contribution in [0.3, 0.4) is 0 Å². The highest BCUT2D eigenvalue weighted by molar-refractivity contribution is 5.79. The van der Waals surface area contributed by atoms with Crippen LogP contribution in [0.5, 0.6) is 5.75 Å². The number of hydrogen-bond acceptors (Lipinski definition) is 6. The number of benzene rings is 1. The summed E-state index contributed by atoms with van der Waals surface area (Å²) in [7, 11) is 5.18. The zero-order valence-corrected chi connectivity index (χ0v) is 19.6. The lowest BCUT2D eigenvalue weighted by Crippen LogP contribution is -2.40. The first-order valence-electron chi connectivity index (χ1n) is 11.0. The van der Waals surface area contributed by atoms with E-state index in [0.29, 0.717) is 25.3 Å².